The number of nitrogens with zero attached hydrogens (tertiary/aromatic N) is 1. The van der Waals surface area contributed by atoms with Gasteiger partial charge < -0.3 is 25.4 Å². The zero-order chi connectivity index (χ0) is 19.8. The summed E-state index contributed by atoms with van der Waals surface area (Å²) < 4.78 is 4.94. The third-order valence-electron chi connectivity index (χ3n) is 4.50. The molecule has 1 aromatic carbocycles. The van der Waals surface area contributed by atoms with E-state index < -0.39 is 6.04 Å². The Morgan fingerprint density at radius 2 is 2.04 bits per heavy atom. The number of carbonyl (C=O) groups is 3. The van der Waals surface area contributed by atoms with Gasteiger partial charge in [0.15, 0.2) is 0 Å². The topological polar surface area (TPSA) is 108 Å². The molecule has 3 N–H and O–H groups in total. The fourth-order valence-electron chi connectivity index (χ4n) is 3.20. The Bertz CT molecular complexity index is 679. The molecule has 27 heavy (non-hydrogen) atoms. The van der Waals surface area contributed by atoms with Crippen LogP contribution < -0.4 is 10.6 Å². The molecule has 8 nitrogen and oxygen atoms in total. The summed E-state index contributed by atoms with van der Waals surface area (Å²) >= 11 is 0. The van der Waals surface area contributed by atoms with Gasteiger partial charge in [-0.05, 0) is 19.4 Å². The third kappa shape index (κ3) is 5.68. The Kier molecular flexibility index (Phi) is 7.60. The van der Waals surface area contributed by atoms with E-state index in [1.165, 1.54) is 18.1 Å². The molecule has 0 saturated carbocycles. The van der Waals surface area contributed by atoms with Crippen LogP contribution in [0.2, 0.25) is 0 Å². The molecule has 2 rings (SSSR count). The predicted octanol–water partition coefficient (Wildman–Crippen LogP) is 0.193. The summed E-state index contributed by atoms with van der Waals surface area (Å²) in [7, 11) is 1.51. The van der Waals surface area contributed by atoms with Crippen LogP contribution in [0.1, 0.15) is 25.3 Å². The lowest BCUT2D eigenvalue weighted by Crippen LogP contribution is -2.46. The molecule has 1 aliphatic heterocycles. The van der Waals surface area contributed by atoms with Gasteiger partial charge in [-0.15, -0.1) is 0 Å². The summed E-state index contributed by atoms with van der Waals surface area (Å²) in [5, 5.41) is 15.4. The smallest absolute Gasteiger partial charge is 0.242 e. The standard InChI is InChI=1S/C19H27N3O5/c1-3-20-19(26)15-11-14(12-22(15)18(25)8-9-27-2)21-17(24)10-13-6-4-5-7-16(13)23/h4-7,14-15,23H,3,8-12H2,1-2H3,(H,20,26)(H,21,24)/t14-,15-/m0/s1. The van der Waals surface area contributed by atoms with E-state index in [2.05, 4.69) is 10.6 Å². The maximum Gasteiger partial charge on any atom is 0.242 e. The van der Waals surface area contributed by atoms with Crippen LogP contribution in [0.25, 0.3) is 0 Å². The van der Waals surface area contributed by atoms with Crippen molar-refractivity contribution in [3.05, 3.63) is 29.8 Å². The second-order valence-corrected chi connectivity index (χ2v) is 6.50. The van der Waals surface area contributed by atoms with E-state index in [0.29, 0.717) is 18.5 Å². The summed E-state index contributed by atoms with van der Waals surface area (Å²) in [6.45, 7) is 2.84. The number of carbonyl (C=O) groups excluding carboxylic acids is 3. The minimum atomic E-state index is -0.607. The van der Waals surface area contributed by atoms with E-state index in [4.69, 9.17) is 4.74 Å². The molecule has 0 spiro atoms. The number of amides is 3. The second kappa shape index (κ2) is 9.91. The van der Waals surface area contributed by atoms with Gasteiger partial charge in [0.25, 0.3) is 0 Å². The molecular weight excluding hydrogens is 350 g/mol. The lowest BCUT2D eigenvalue weighted by Gasteiger charge is -2.23. The van der Waals surface area contributed by atoms with E-state index in [9.17, 15) is 19.5 Å². The molecule has 0 aromatic heterocycles. The summed E-state index contributed by atoms with van der Waals surface area (Å²) in [6.07, 6.45) is 0.578. The van der Waals surface area contributed by atoms with Crippen molar-refractivity contribution in [1.82, 2.24) is 15.5 Å². The maximum absolute atomic E-state index is 12.4. The number of aromatic hydroxyl groups is 1. The fraction of sp³-hybridized carbons (Fsp3) is 0.526. The van der Waals surface area contributed by atoms with Crippen LogP contribution >= 0.6 is 0 Å². The number of rotatable bonds is 8. The van der Waals surface area contributed by atoms with Gasteiger partial charge >= 0.3 is 0 Å². The van der Waals surface area contributed by atoms with Crippen LogP contribution in [-0.4, -0.2) is 66.6 Å². The van der Waals surface area contributed by atoms with E-state index in [1.54, 1.807) is 18.2 Å². The normalized spacial score (nSPS) is 19.0. The van der Waals surface area contributed by atoms with Gasteiger partial charge in [0.05, 0.1) is 19.4 Å². The largest absolute Gasteiger partial charge is 0.508 e. The Hall–Kier alpha value is -2.61. The molecule has 0 radical (unpaired) electrons. The first-order valence-electron chi connectivity index (χ1n) is 9.08. The van der Waals surface area contributed by atoms with Gasteiger partial charge in [0.1, 0.15) is 11.8 Å². The van der Waals surface area contributed by atoms with Gasteiger partial charge in [0.2, 0.25) is 17.7 Å². The van der Waals surface area contributed by atoms with Gasteiger partial charge in [-0.3, -0.25) is 14.4 Å². The molecule has 0 aliphatic carbocycles. The minimum Gasteiger partial charge on any atom is -0.508 e. The number of benzene rings is 1. The number of ether oxygens (including phenoxy) is 1. The van der Waals surface area contributed by atoms with Crippen LogP contribution in [-0.2, 0) is 25.5 Å². The first-order valence-corrected chi connectivity index (χ1v) is 9.08. The zero-order valence-corrected chi connectivity index (χ0v) is 15.7. The summed E-state index contributed by atoms with van der Waals surface area (Å²) in [5.74, 6) is -0.593. The number of phenolic OH excluding ortho intramolecular Hbond substituents is 1. The van der Waals surface area contributed by atoms with Gasteiger partial charge in [0, 0.05) is 31.8 Å². The summed E-state index contributed by atoms with van der Waals surface area (Å²) in [6, 6.07) is 5.72. The fourth-order valence-corrected chi connectivity index (χ4v) is 3.20. The molecule has 1 heterocycles. The highest BCUT2D eigenvalue weighted by atomic mass is 16.5. The van der Waals surface area contributed by atoms with Crippen LogP contribution in [0.4, 0.5) is 0 Å². The maximum atomic E-state index is 12.4. The molecular formula is C19H27N3O5. The first-order chi connectivity index (χ1) is 13.0. The number of hydrogen-bond donors (Lipinski definition) is 3. The molecule has 2 atom stereocenters. The van der Waals surface area contributed by atoms with Crippen LogP contribution in [0.5, 0.6) is 5.75 Å². The number of hydrogen-bond acceptors (Lipinski definition) is 5. The number of para-hydroxylation sites is 1. The van der Waals surface area contributed by atoms with Crippen LogP contribution in [0, 0.1) is 0 Å². The molecule has 1 aromatic rings. The third-order valence-corrected chi connectivity index (χ3v) is 4.50. The minimum absolute atomic E-state index is 0.0343. The molecule has 1 aliphatic rings. The summed E-state index contributed by atoms with van der Waals surface area (Å²) in [4.78, 5) is 38.6. The van der Waals surface area contributed by atoms with Crippen LogP contribution in [0.3, 0.4) is 0 Å². The lowest BCUT2D eigenvalue weighted by atomic mass is 10.1. The van der Waals surface area contributed by atoms with Crippen molar-refractivity contribution >= 4 is 17.7 Å². The molecule has 0 bridgehead atoms. The second-order valence-electron chi connectivity index (χ2n) is 6.50. The molecule has 1 fully saturated rings. The monoisotopic (exact) mass is 377 g/mol. The molecule has 3 amide bonds. The summed E-state index contributed by atoms with van der Waals surface area (Å²) in [5.41, 5.74) is 0.529. The van der Waals surface area contributed by atoms with E-state index in [1.807, 2.05) is 6.92 Å². The first kappa shape index (κ1) is 20.7. The Morgan fingerprint density at radius 3 is 2.70 bits per heavy atom. The number of methoxy groups -OCH3 is 1. The highest BCUT2D eigenvalue weighted by Gasteiger charge is 2.39. The molecule has 1 saturated heterocycles. The Balaban J connectivity index is 2.00. The van der Waals surface area contributed by atoms with E-state index >= 15 is 0 Å². The molecule has 8 heteroatoms. The van der Waals surface area contributed by atoms with E-state index in [-0.39, 0.29) is 55.5 Å². The number of phenols is 1. The highest BCUT2D eigenvalue weighted by molar-refractivity contribution is 5.89. The molecule has 148 valence electrons. The number of nitrogens with one attached hydrogen (secondary N) is 2. The van der Waals surface area contributed by atoms with Crippen molar-refractivity contribution in [2.45, 2.75) is 38.3 Å². The van der Waals surface area contributed by atoms with Crippen molar-refractivity contribution in [2.24, 2.45) is 0 Å². The van der Waals surface area contributed by atoms with Crippen LogP contribution in [0.15, 0.2) is 24.3 Å². The van der Waals surface area contributed by atoms with Gasteiger partial charge in [-0.2, -0.15) is 0 Å². The SMILES string of the molecule is CCNC(=O)[C@@H]1C[C@H](NC(=O)Cc2ccccc2O)CN1C(=O)CCOC. The number of likely N-dealkylation sites (tertiary alicyclic amines) is 1. The van der Waals surface area contributed by atoms with Crippen molar-refractivity contribution in [2.75, 3.05) is 26.8 Å². The van der Waals surface area contributed by atoms with E-state index in [0.717, 1.165) is 0 Å². The van der Waals surface area contributed by atoms with Gasteiger partial charge in [-0.1, -0.05) is 18.2 Å². The van der Waals surface area contributed by atoms with Crippen molar-refractivity contribution in [3.63, 3.8) is 0 Å². The van der Waals surface area contributed by atoms with Crippen molar-refractivity contribution in [1.29, 1.82) is 0 Å². The highest BCUT2D eigenvalue weighted by Crippen LogP contribution is 2.21. The Labute approximate surface area is 158 Å². The van der Waals surface area contributed by atoms with Gasteiger partial charge in [-0.25, -0.2) is 0 Å². The quantitative estimate of drug-likeness (QED) is 0.600. The average molecular weight is 377 g/mol. The predicted molar refractivity (Wildman–Crippen MR) is 99.0 cm³/mol. The van der Waals surface area contributed by atoms with Crippen molar-refractivity contribution < 1.29 is 24.2 Å². The lowest BCUT2D eigenvalue weighted by molar-refractivity contribution is -0.139. The Morgan fingerprint density at radius 1 is 1.30 bits per heavy atom. The van der Waals surface area contributed by atoms with Crippen molar-refractivity contribution in [3.8, 4) is 5.75 Å². The molecule has 0 unspecified atom stereocenters. The number of likely N-dealkylation sites (N-methyl/N-ethyl adjacent to an activating group) is 1. The zero-order valence-electron chi connectivity index (χ0n) is 15.7. The average Bonchev–Trinajstić information content (AvgIpc) is 3.05.